The predicted molar refractivity (Wildman–Crippen MR) is 178 cm³/mol. The van der Waals surface area contributed by atoms with Gasteiger partial charge in [-0.15, -0.1) is 0 Å². The molecule has 48 heavy (non-hydrogen) atoms. The van der Waals surface area contributed by atoms with Crippen molar-refractivity contribution >= 4 is 41.9 Å². The smallest absolute Gasteiger partial charge is 0.311 e. The lowest BCUT2D eigenvalue weighted by molar-refractivity contribution is -0.384. The van der Waals surface area contributed by atoms with Crippen LogP contribution in [0.2, 0.25) is 0 Å². The number of nitro benzene ring substituents is 1. The van der Waals surface area contributed by atoms with Crippen LogP contribution in [-0.4, -0.2) is 72.3 Å². The second-order valence-electron chi connectivity index (χ2n) is 15.8. The summed E-state index contributed by atoms with van der Waals surface area (Å²) in [4.78, 5) is 67.6. The minimum absolute atomic E-state index is 0.0595. The molecule has 1 heterocycles. The Kier molecular flexibility index (Phi) is 12.8. The van der Waals surface area contributed by atoms with Gasteiger partial charge in [-0.1, -0.05) is 6.08 Å². The van der Waals surface area contributed by atoms with E-state index in [0.29, 0.717) is 5.56 Å². The van der Waals surface area contributed by atoms with E-state index in [-0.39, 0.29) is 5.69 Å². The molecule has 13 nitrogen and oxygen atoms in total. The molecule has 1 saturated heterocycles. The molecule has 1 aromatic rings. The average Bonchev–Trinajstić information content (AvgIpc) is 2.94. The van der Waals surface area contributed by atoms with Crippen molar-refractivity contribution in [2.75, 3.05) is 6.61 Å². The highest BCUT2D eigenvalue weighted by Crippen LogP contribution is 2.34. The SMILES string of the molecule is CC(C)(C)C(=O)OCC1O[C@@H](N=C/C=C/c2ccc([N+](=O)[O-])cc2)C(OC(=O)C(C)(C)C)[C@H](OC(=O)C(C)(C)C)[C@@H]1OC(=O)C(C)(C)C. The van der Waals surface area contributed by atoms with Crippen molar-refractivity contribution in [1.29, 1.82) is 0 Å². The van der Waals surface area contributed by atoms with Gasteiger partial charge in [0, 0.05) is 18.3 Å². The van der Waals surface area contributed by atoms with E-state index in [1.54, 1.807) is 107 Å². The van der Waals surface area contributed by atoms with Crippen LogP contribution in [0.4, 0.5) is 5.69 Å². The number of carbonyl (C=O) groups excluding carboxylic acids is 4. The molecule has 266 valence electrons. The molecular formula is C35H50N2O11. The highest BCUT2D eigenvalue weighted by molar-refractivity contribution is 5.79. The number of nitro groups is 1. The van der Waals surface area contributed by atoms with Crippen LogP contribution < -0.4 is 0 Å². The highest BCUT2D eigenvalue weighted by atomic mass is 16.7. The lowest BCUT2D eigenvalue weighted by Crippen LogP contribution is -2.63. The molecule has 0 bridgehead atoms. The Morgan fingerprint density at radius 3 is 1.60 bits per heavy atom. The number of hydrogen-bond donors (Lipinski definition) is 0. The Morgan fingerprint density at radius 2 is 1.17 bits per heavy atom. The van der Waals surface area contributed by atoms with Gasteiger partial charge in [-0.05, 0) is 107 Å². The highest BCUT2D eigenvalue weighted by Gasteiger charge is 2.54. The van der Waals surface area contributed by atoms with Crippen LogP contribution in [-0.2, 0) is 42.9 Å². The molecule has 0 spiro atoms. The molecule has 5 atom stereocenters. The van der Waals surface area contributed by atoms with Gasteiger partial charge in [-0.2, -0.15) is 0 Å². The fourth-order valence-corrected chi connectivity index (χ4v) is 3.82. The van der Waals surface area contributed by atoms with Gasteiger partial charge in [0.2, 0.25) is 0 Å². The fourth-order valence-electron chi connectivity index (χ4n) is 3.82. The molecule has 1 aliphatic rings. The molecule has 0 saturated carbocycles. The molecular weight excluding hydrogens is 624 g/mol. The first-order valence-electron chi connectivity index (χ1n) is 15.7. The van der Waals surface area contributed by atoms with E-state index in [4.69, 9.17) is 23.7 Å². The third-order valence-corrected chi connectivity index (χ3v) is 6.88. The van der Waals surface area contributed by atoms with Crippen molar-refractivity contribution in [3.05, 3.63) is 46.0 Å². The summed E-state index contributed by atoms with van der Waals surface area (Å²) in [6, 6.07) is 5.84. The second kappa shape index (κ2) is 15.4. The quantitative estimate of drug-likeness (QED) is 0.101. The van der Waals surface area contributed by atoms with Gasteiger partial charge in [0.25, 0.3) is 5.69 Å². The first-order chi connectivity index (χ1) is 21.8. The van der Waals surface area contributed by atoms with E-state index in [0.717, 1.165) is 0 Å². The number of carbonyl (C=O) groups is 4. The van der Waals surface area contributed by atoms with Crippen LogP contribution in [0.3, 0.4) is 0 Å². The van der Waals surface area contributed by atoms with E-state index in [2.05, 4.69) is 4.99 Å². The number of ether oxygens (including phenoxy) is 5. The van der Waals surface area contributed by atoms with Gasteiger partial charge >= 0.3 is 23.9 Å². The summed E-state index contributed by atoms with van der Waals surface area (Å²) in [6.07, 6.45) is -2.11. The Labute approximate surface area is 282 Å². The van der Waals surface area contributed by atoms with Crippen molar-refractivity contribution in [1.82, 2.24) is 0 Å². The maximum Gasteiger partial charge on any atom is 0.311 e. The molecule has 0 aliphatic carbocycles. The second-order valence-corrected chi connectivity index (χ2v) is 15.8. The molecule has 1 aliphatic heterocycles. The summed E-state index contributed by atoms with van der Waals surface area (Å²) in [6.45, 7) is 19.4. The van der Waals surface area contributed by atoms with E-state index in [1.807, 2.05) is 0 Å². The number of hydrogen-bond acceptors (Lipinski definition) is 12. The fraction of sp³-hybridized carbons (Fsp3) is 0.629. The van der Waals surface area contributed by atoms with Gasteiger partial charge < -0.3 is 23.7 Å². The monoisotopic (exact) mass is 674 g/mol. The standard InChI is InChI=1S/C35H50N2O11/c1-32(2,3)28(38)44-20-23-24(46-29(39)33(4,5)6)25(47-30(40)34(7,8)9)26(48-31(41)35(10,11)12)27(45-23)36-19-13-14-21-15-17-22(18-16-21)37(42)43/h13-19,23-27H,20H2,1-12H3/b14-13+,36-19?/t23?,24-,25-,26?,27-/m1/s1. The summed E-state index contributed by atoms with van der Waals surface area (Å²) in [5.74, 6) is -2.54. The van der Waals surface area contributed by atoms with Crippen molar-refractivity contribution in [2.45, 2.75) is 114 Å². The van der Waals surface area contributed by atoms with Crippen LogP contribution in [0.5, 0.6) is 0 Å². The third-order valence-electron chi connectivity index (χ3n) is 6.88. The molecule has 0 amide bonds. The summed E-state index contributed by atoms with van der Waals surface area (Å²) < 4.78 is 29.7. The summed E-state index contributed by atoms with van der Waals surface area (Å²) in [7, 11) is 0. The molecule has 2 rings (SSSR count). The number of allylic oxidation sites excluding steroid dienone is 1. The normalized spacial score (nSPS) is 22.3. The lowest BCUT2D eigenvalue weighted by Gasteiger charge is -2.45. The van der Waals surface area contributed by atoms with Gasteiger partial charge in [-0.25, -0.2) is 0 Å². The van der Waals surface area contributed by atoms with Crippen LogP contribution in [0.15, 0.2) is 35.3 Å². The van der Waals surface area contributed by atoms with Crippen molar-refractivity contribution in [3.8, 4) is 0 Å². The van der Waals surface area contributed by atoms with Crippen molar-refractivity contribution < 1.29 is 47.8 Å². The Morgan fingerprint density at radius 1 is 0.729 bits per heavy atom. The van der Waals surface area contributed by atoms with Gasteiger partial charge in [0.1, 0.15) is 12.7 Å². The van der Waals surface area contributed by atoms with Gasteiger partial charge in [0.05, 0.1) is 26.6 Å². The largest absolute Gasteiger partial charge is 0.462 e. The predicted octanol–water partition coefficient (Wildman–Crippen LogP) is 5.87. The maximum absolute atomic E-state index is 13.4. The lowest BCUT2D eigenvalue weighted by atomic mass is 9.92. The first-order valence-corrected chi connectivity index (χ1v) is 15.7. The molecule has 0 N–H and O–H groups in total. The van der Waals surface area contributed by atoms with Crippen LogP contribution in [0, 0.1) is 31.8 Å². The topological polar surface area (TPSA) is 170 Å². The Balaban J connectivity index is 2.66. The molecule has 1 fully saturated rings. The Bertz CT molecular complexity index is 1390. The van der Waals surface area contributed by atoms with Crippen LogP contribution >= 0.6 is 0 Å². The number of esters is 4. The van der Waals surface area contributed by atoms with E-state index in [1.165, 1.54) is 18.3 Å². The maximum atomic E-state index is 13.4. The van der Waals surface area contributed by atoms with E-state index < -0.39 is 87.7 Å². The summed E-state index contributed by atoms with van der Waals surface area (Å²) in [5.41, 5.74) is -3.26. The zero-order valence-electron chi connectivity index (χ0n) is 30.0. The van der Waals surface area contributed by atoms with Crippen molar-refractivity contribution in [3.63, 3.8) is 0 Å². The number of rotatable bonds is 9. The van der Waals surface area contributed by atoms with E-state index >= 15 is 0 Å². The number of nitrogens with zero attached hydrogens (tertiary/aromatic N) is 2. The Hall–Kier alpha value is -4.13. The molecule has 0 aromatic heterocycles. The number of non-ortho nitro benzene ring substituents is 1. The summed E-state index contributed by atoms with van der Waals surface area (Å²) in [5, 5.41) is 11.0. The molecule has 1 aromatic carbocycles. The first kappa shape index (κ1) is 40.0. The van der Waals surface area contributed by atoms with Gasteiger partial charge in [0.15, 0.2) is 24.5 Å². The third kappa shape index (κ3) is 11.5. The van der Waals surface area contributed by atoms with Crippen molar-refractivity contribution in [2.24, 2.45) is 26.7 Å². The van der Waals surface area contributed by atoms with Crippen LogP contribution in [0.1, 0.15) is 88.6 Å². The van der Waals surface area contributed by atoms with Crippen LogP contribution in [0.25, 0.3) is 6.08 Å². The number of aliphatic imine (C=N–C) groups is 1. The molecule has 0 radical (unpaired) electrons. The zero-order valence-corrected chi connectivity index (χ0v) is 30.0. The molecule has 13 heteroatoms. The van der Waals surface area contributed by atoms with Gasteiger partial charge in [-0.3, -0.25) is 34.3 Å². The zero-order chi connectivity index (χ0) is 36.8. The minimum Gasteiger partial charge on any atom is -0.462 e. The average molecular weight is 675 g/mol. The minimum atomic E-state index is -1.41. The number of benzene rings is 1. The van der Waals surface area contributed by atoms with E-state index in [9.17, 15) is 29.3 Å². The summed E-state index contributed by atoms with van der Waals surface area (Å²) >= 11 is 0. The molecule has 2 unspecified atom stereocenters.